The topological polar surface area (TPSA) is 94.5 Å². The molecule has 5 unspecified atom stereocenters. The second-order valence-electron chi connectivity index (χ2n) is 4.93. The third-order valence-corrected chi connectivity index (χ3v) is 2.89. The fourth-order valence-corrected chi connectivity index (χ4v) is 2.13. The van der Waals surface area contributed by atoms with Gasteiger partial charge in [-0.2, -0.15) is 0 Å². The quantitative estimate of drug-likeness (QED) is 0.639. The predicted octanol–water partition coefficient (Wildman–Crippen LogP) is -0.852. The Hall–Kier alpha value is -0.730. The number of aliphatic hydroxyl groups is 2. The lowest BCUT2D eigenvalue weighted by Gasteiger charge is -2.25. The second kappa shape index (κ2) is 4.75. The minimum absolute atomic E-state index is 0.236. The number of hydrogen-bond acceptors (Lipinski definition) is 7. The molecule has 0 aromatic heterocycles. The van der Waals surface area contributed by atoms with Crippen molar-refractivity contribution >= 4 is 5.97 Å². The van der Waals surface area contributed by atoms with Crippen molar-refractivity contribution < 1.29 is 34.0 Å². The zero-order valence-corrected chi connectivity index (χ0v) is 10.5. The molecule has 2 aliphatic rings. The smallest absolute Gasteiger partial charge is 0.302 e. The molecule has 2 fully saturated rings. The lowest BCUT2D eigenvalue weighted by Crippen LogP contribution is -2.43. The van der Waals surface area contributed by atoms with Crippen molar-refractivity contribution in [3.63, 3.8) is 0 Å². The summed E-state index contributed by atoms with van der Waals surface area (Å²) < 4.78 is 21.0. The van der Waals surface area contributed by atoms with Gasteiger partial charge in [-0.1, -0.05) is 0 Å². The summed E-state index contributed by atoms with van der Waals surface area (Å²) in [6.07, 6.45) is -4.40. The molecule has 0 bridgehead atoms. The summed E-state index contributed by atoms with van der Waals surface area (Å²) in [6.45, 7) is 4.43. The molecule has 18 heavy (non-hydrogen) atoms. The van der Waals surface area contributed by atoms with Crippen LogP contribution < -0.4 is 0 Å². The maximum Gasteiger partial charge on any atom is 0.302 e. The van der Waals surface area contributed by atoms with E-state index < -0.39 is 42.5 Å². The molecule has 0 amide bonds. The van der Waals surface area contributed by atoms with E-state index in [2.05, 4.69) is 4.74 Å². The summed E-state index contributed by atoms with van der Waals surface area (Å²) >= 11 is 0. The van der Waals surface area contributed by atoms with E-state index in [0.29, 0.717) is 0 Å². The van der Waals surface area contributed by atoms with Gasteiger partial charge in [0, 0.05) is 6.92 Å². The molecule has 2 aliphatic heterocycles. The van der Waals surface area contributed by atoms with Crippen LogP contribution in [0.2, 0.25) is 0 Å². The highest BCUT2D eigenvalue weighted by molar-refractivity contribution is 5.65. The molecule has 104 valence electrons. The van der Waals surface area contributed by atoms with Gasteiger partial charge in [0.25, 0.3) is 0 Å². The second-order valence-corrected chi connectivity index (χ2v) is 4.93. The zero-order chi connectivity index (χ0) is 13.5. The van der Waals surface area contributed by atoms with Gasteiger partial charge in [-0.25, -0.2) is 0 Å². The van der Waals surface area contributed by atoms with Crippen molar-refractivity contribution in [2.75, 3.05) is 6.61 Å². The first-order valence-corrected chi connectivity index (χ1v) is 5.81. The van der Waals surface area contributed by atoms with Gasteiger partial charge >= 0.3 is 5.97 Å². The predicted molar refractivity (Wildman–Crippen MR) is 57.3 cm³/mol. The number of carbonyl (C=O) groups excluding carboxylic acids is 1. The minimum atomic E-state index is -1.12. The van der Waals surface area contributed by atoms with Crippen LogP contribution in [-0.4, -0.2) is 59.3 Å². The standard InChI is InChI=1S/C11H18O7/c1-5(12)15-4-6(13)8-7(14)9-10(16-8)18-11(2,3)17-9/h6-10,13-14H,4H2,1-3H3. The van der Waals surface area contributed by atoms with E-state index in [4.69, 9.17) is 14.2 Å². The fraction of sp³-hybridized carbons (Fsp3) is 0.909. The minimum Gasteiger partial charge on any atom is -0.463 e. The fourth-order valence-electron chi connectivity index (χ4n) is 2.13. The van der Waals surface area contributed by atoms with Crippen LogP contribution in [0.5, 0.6) is 0 Å². The van der Waals surface area contributed by atoms with Crippen LogP contribution in [0.4, 0.5) is 0 Å². The van der Waals surface area contributed by atoms with Crippen molar-refractivity contribution in [2.45, 2.75) is 57.3 Å². The van der Waals surface area contributed by atoms with Crippen LogP contribution in [0.3, 0.4) is 0 Å². The molecule has 5 atom stereocenters. The average molecular weight is 262 g/mol. The number of esters is 1. The Kier molecular flexibility index (Phi) is 3.61. The van der Waals surface area contributed by atoms with Crippen molar-refractivity contribution in [3.8, 4) is 0 Å². The lowest BCUT2D eigenvalue weighted by atomic mass is 10.1. The van der Waals surface area contributed by atoms with Gasteiger partial charge in [0.15, 0.2) is 12.1 Å². The number of hydrogen-bond donors (Lipinski definition) is 2. The van der Waals surface area contributed by atoms with Crippen molar-refractivity contribution in [3.05, 3.63) is 0 Å². The molecule has 0 aromatic carbocycles. The van der Waals surface area contributed by atoms with Crippen molar-refractivity contribution in [2.24, 2.45) is 0 Å². The highest BCUT2D eigenvalue weighted by Gasteiger charge is 2.55. The van der Waals surface area contributed by atoms with Crippen LogP contribution in [0.25, 0.3) is 0 Å². The Bertz CT molecular complexity index is 329. The van der Waals surface area contributed by atoms with Gasteiger partial charge < -0.3 is 29.2 Å². The molecule has 0 aromatic rings. The maximum absolute atomic E-state index is 10.6. The molecule has 0 aliphatic carbocycles. The molecule has 2 heterocycles. The molecule has 0 radical (unpaired) electrons. The van der Waals surface area contributed by atoms with E-state index >= 15 is 0 Å². The Balaban J connectivity index is 1.92. The van der Waals surface area contributed by atoms with E-state index in [1.165, 1.54) is 6.92 Å². The van der Waals surface area contributed by atoms with E-state index in [1.807, 2.05) is 0 Å². The number of aliphatic hydroxyl groups excluding tert-OH is 2. The molecule has 0 spiro atoms. The largest absolute Gasteiger partial charge is 0.463 e. The van der Waals surface area contributed by atoms with E-state index in [0.717, 1.165) is 0 Å². The van der Waals surface area contributed by atoms with Crippen molar-refractivity contribution in [1.29, 1.82) is 0 Å². The summed E-state index contributed by atoms with van der Waals surface area (Å²) in [5.74, 6) is -1.32. The van der Waals surface area contributed by atoms with Crippen LogP contribution in [0.1, 0.15) is 20.8 Å². The highest BCUT2D eigenvalue weighted by atomic mass is 16.8. The van der Waals surface area contributed by atoms with Crippen LogP contribution in [0, 0.1) is 0 Å². The normalized spacial score (nSPS) is 39.4. The third kappa shape index (κ3) is 2.65. The number of fused-ring (bicyclic) bond motifs is 1. The molecule has 7 heteroatoms. The summed E-state index contributed by atoms with van der Waals surface area (Å²) in [5.41, 5.74) is 0. The lowest BCUT2D eigenvalue weighted by molar-refractivity contribution is -0.228. The van der Waals surface area contributed by atoms with Gasteiger partial charge in [-0.15, -0.1) is 0 Å². The monoisotopic (exact) mass is 262 g/mol. The van der Waals surface area contributed by atoms with Gasteiger partial charge in [-0.3, -0.25) is 4.79 Å². The molecular weight excluding hydrogens is 244 g/mol. The average Bonchev–Trinajstić information content (AvgIpc) is 2.70. The summed E-state index contributed by atoms with van der Waals surface area (Å²) in [6, 6.07) is 0. The Morgan fingerprint density at radius 3 is 2.67 bits per heavy atom. The summed E-state index contributed by atoms with van der Waals surface area (Å²) in [5, 5.41) is 19.8. The molecule has 2 N–H and O–H groups in total. The number of ether oxygens (including phenoxy) is 4. The molecule has 0 saturated carbocycles. The Morgan fingerprint density at radius 2 is 2.11 bits per heavy atom. The molecule has 2 rings (SSSR count). The van der Waals surface area contributed by atoms with Crippen molar-refractivity contribution in [1.82, 2.24) is 0 Å². The van der Waals surface area contributed by atoms with Crippen LogP contribution >= 0.6 is 0 Å². The van der Waals surface area contributed by atoms with Gasteiger partial charge in [0.05, 0.1) is 0 Å². The van der Waals surface area contributed by atoms with Gasteiger partial charge in [0.2, 0.25) is 0 Å². The molecule has 2 saturated heterocycles. The molecular formula is C11H18O7. The zero-order valence-electron chi connectivity index (χ0n) is 10.5. The van der Waals surface area contributed by atoms with E-state index in [-0.39, 0.29) is 6.61 Å². The summed E-state index contributed by atoms with van der Waals surface area (Å²) in [4.78, 5) is 10.6. The highest BCUT2D eigenvalue weighted by Crippen LogP contribution is 2.38. The first-order valence-electron chi connectivity index (χ1n) is 5.81. The van der Waals surface area contributed by atoms with Crippen LogP contribution in [-0.2, 0) is 23.7 Å². The number of carbonyl (C=O) groups is 1. The summed E-state index contributed by atoms with van der Waals surface area (Å²) in [7, 11) is 0. The van der Waals surface area contributed by atoms with E-state index in [9.17, 15) is 15.0 Å². The third-order valence-electron chi connectivity index (χ3n) is 2.89. The SMILES string of the molecule is CC(=O)OCC(O)C1OC2OC(C)(C)OC2C1O. The Morgan fingerprint density at radius 1 is 1.44 bits per heavy atom. The first-order chi connectivity index (χ1) is 8.30. The van der Waals surface area contributed by atoms with Gasteiger partial charge in [0.1, 0.15) is 31.0 Å². The van der Waals surface area contributed by atoms with Crippen LogP contribution in [0.15, 0.2) is 0 Å². The molecule has 7 nitrogen and oxygen atoms in total. The Labute approximate surface area is 105 Å². The maximum atomic E-state index is 10.6. The first kappa shape index (κ1) is 13.7. The van der Waals surface area contributed by atoms with Gasteiger partial charge in [-0.05, 0) is 13.8 Å². The number of rotatable bonds is 3. The van der Waals surface area contributed by atoms with E-state index in [1.54, 1.807) is 13.8 Å².